The van der Waals surface area contributed by atoms with Crippen LogP contribution in [0.4, 0.5) is 5.69 Å². The van der Waals surface area contributed by atoms with E-state index in [9.17, 15) is 9.59 Å². The molecule has 1 fully saturated rings. The van der Waals surface area contributed by atoms with Crippen LogP contribution >= 0.6 is 0 Å². The molecule has 0 aliphatic carbocycles. The van der Waals surface area contributed by atoms with Gasteiger partial charge in [0, 0.05) is 25.2 Å². The van der Waals surface area contributed by atoms with Gasteiger partial charge in [0.2, 0.25) is 11.8 Å². The van der Waals surface area contributed by atoms with Crippen molar-refractivity contribution >= 4 is 17.5 Å². The van der Waals surface area contributed by atoms with E-state index in [2.05, 4.69) is 36.5 Å². The molecule has 136 valence electrons. The Balaban J connectivity index is 1.61. The summed E-state index contributed by atoms with van der Waals surface area (Å²) >= 11 is 0. The third-order valence-corrected chi connectivity index (χ3v) is 4.96. The predicted molar refractivity (Wildman–Crippen MR) is 104 cm³/mol. The molecule has 4 nitrogen and oxygen atoms in total. The van der Waals surface area contributed by atoms with Gasteiger partial charge in [-0.25, -0.2) is 0 Å². The molecule has 1 saturated heterocycles. The van der Waals surface area contributed by atoms with Gasteiger partial charge in [0.05, 0.1) is 5.92 Å². The molecule has 1 N–H and O–H groups in total. The third kappa shape index (κ3) is 3.96. The second-order valence-corrected chi connectivity index (χ2v) is 7.18. The highest BCUT2D eigenvalue weighted by Gasteiger charge is 2.36. The molecule has 0 radical (unpaired) electrons. The van der Waals surface area contributed by atoms with Gasteiger partial charge < -0.3 is 10.2 Å². The number of carbonyl (C=O) groups excluding carboxylic acids is 2. The van der Waals surface area contributed by atoms with Crippen LogP contribution in [0.25, 0.3) is 0 Å². The van der Waals surface area contributed by atoms with Crippen molar-refractivity contribution in [2.45, 2.75) is 33.6 Å². The van der Waals surface area contributed by atoms with Crippen LogP contribution in [0.1, 0.15) is 28.7 Å². The fourth-order valence-corrected chi connectivity index (χ4v) is 3.82. The second-order valence-electron chi connectivity index (χ2n) is 7.18. The first-order valence-electron chi connectivity index (χ1n) is 9.15. The molecular weight excluding hydrogens is 324 g/mol. The topological polar surface area (TPSA) is 49.4 Å². The summed E-state index contributed by atoms with van der Waals surface area (Å²) in [5, 5.41) is 2.99. The molecule has 2 aromatic rings. The molecular formula is C22H26N2O2. The van der Waals surface area contributed by atoms with Crippen LogP contribution in [0.15, 0.2) is 42.5 Å². The smallest absolute Gasteiger partial charge is 0.227 e. The van der Waals surface area contributed by atoms with Crippen molar-refractivity contribution < 1.29 is 9.59 Å². The lowest BCUT2D eigenvalue weighted by molar-refractivity contribution is -0.126. The number of nitrogens with zero attached hydrogens (tertiary/aromatic N) is 1. The largest absolute Gasteiger partial charge is 0.355 e. The average molecular weight is 350 g/mol. The van der Waals surface area contributed by atoms with Gasteiger partial charge in [0.1, 0.15) is 0 Å². The summed E-state index contributed by atoms with van der Waals surface area (Å²) in [6.45, 7) is 7.15. The van der Waals surface area contributed by atoms with Gasteiger partial charge in [-0.05, 0) is 43.9 Å². The number of rotatable bonds is 5. The van der Waals surface area contributed by atoms with Crippen molar-refractivity contribution in [2.75, 3.05) is 18.0 Å². The number of benzene rings is 2. The minimum atomic E-state index is -0.279. The first-order chi connectivity index (χ1) is 12.5. The van der Waals surface area contributed by atoms with E-state index in [-0.39, 0.29) is 24.2 Å². The van der Waals surface area contributed by atoms with E-state index >= 15 is 0 Å². The number of hydrogen-bond donors (Lipinski definition) is 1. The molecule has 2 aromatic carbocycles. The fourth-order valence-electron chi connectivity index (χ4n) is 3.82. The molecule has 26 heavy (non-hydrogen) atoms. The number of anilines is 1. The van der Waals surface area contributed by atoms with Crippen LogP contribution in [0.5, 0.6) is 0 Å². The van der Waals surface area contributed by atoms with Crippen LogP contribution in [0, 0.1) is 26.7 Å². The van der Waals surface area contributed by atoms with Crippen molar-refractivity contribution in [3.8, 4) is 0 Å². The van der Waals surface area contributed by atoms with E-state index in [1.54, 1.807) is 4.90 Å². The predicted octanol–water partition coefficient (Wildman–Crippen LogP) is 3.32. The van der Waals surface area contributed by atoms with E-state index in [1.807, 2.05) is 32.0 Å². The molecule has 0 spiro atoms. The van der Waals surface area contributed by atoms with Crippen molar-refractivity contribution in [1.29, 1.82) is 0 Å². The zero-order valence-electron chi connectivity index (χ0n) is 15.7. The summed E-state index contributed by atoms with van der Waals surface area (Å²) in [6.07, 6.45) is 1.08. The molecule has 1 unspecified atom stereocenters. The monoisotopic (exact) mass is 350 g/mol. The molecule has 1 aliphatic rings. The highest BCUT2D eigenvalue weighted by atomic mass is 16.2. The summed E-state index contributed by atoms with van der Waals surface area (Å²) in [5.74, 6) is -0.277. The Morgan fingerprint density at radius 2 is 1.77 bits per heavy atom. The van der Waals surface area contributed by atoms with E-state index < -0.39 is 0 Å². The minimum absolute atomic E-state index is 0.0285. The maximum Gasteiger partial charge on any atom is 0.227 e. The third-order valence-electron chi connectivity index (χ3n) is 4.96. The number of amides is 2. The summed E-state index contributed by atoms with van der Waals surface area (Å²) in [4.78, 5) is 26.8. The molecule has 4 heteroatoms. The Morgan fingerprint density at radius 3 is 2.42 bits per heavy atom. The first-order valence-corrected chi connectivity index (χ1v) is 9.15. The Labute approximate surface area is 155 Å². The zero-order chi connectivity index (χ0) is 18.7. The number of aryl methyl sites for hydroxylation is 3. The quantitative estimate of drug-likeness (QED) is 0.899. The maximum absolute atomic E-state index is 12.5. The SMILES string of the molecule is Cc1cc(C)c(N2CC(C(=O)NCCc3ccccc3)CC2=O)c(C)c1. The van der Waals surface area contributed by atoms with Gasteiger partial charge in [-0.2, -0.15) is 0 Å². The standard InChI is InChI=1S/C22H26N2O2/c1-15-11-16(2)21(17(3)12-15)24-14-19(13-20(24)25)22(26)23-10-9-18-7-5-4-6-8-18/h4-8,11-12,19H,9-10,13-14H2,1-3H3,(H,23,26). The first kappa shape index (κ1) is 18.2. The van der Waals surface area contributed by atoms with E-state index in [0.717, 1.165) is 23.2 Å². The normalized spacial score (nSPS) is 16.8. The number of nitrogens with one attached hydrogen (secondary N) is 1. The van der Waals surface area contributed by atoms with Gasteiger partial charge >= 0.3 is 0 Å². The summed E-state index contributed by atoms with van der Waals surface area (Å²) in [5.41, 5.74) is 5.51. The molecule has 1 atom stereocenters. The summed E-state index contributed by atoms with van der Waals surface area (Å²) in [7, 11) is 0. The Kier molecular flexibility index (Phi) is 5.40. The Bertz CT molecular complexity index is 791. The van der Waals surface area contributed by atoms with E-state index in [1.165, 1.54) is 11.1 Å². The number of carbonyl (C=O) groups is 2. The van der Waals surface area contributed by atoms with Gasteiger partial charge in [0.25, 0.3) is 0 Å². The zero-order valence-corrected chi connectivity index (χ0v) is 15.7. The fraction of sp³-hybridized carbons (Fsp3) is 0.364. The minimum Gasteiger partial charge on any atom is -0.355 e. The van der Waals surface area contributed by atoms with Gasteiger partial charge in [-0.3, -0.25) is 9.59 Å². The second kappa shape index (κ2) is 7.73. The van der Waals surface area contributed by atoms with Gasteiger partial charge in [-0.15, -0.1) is 0 Å². The lowest BCUT2D eigenvalue weighted by Crippen LogP contribution is -2.34. The molecule has 2 amide bonds. The van der Waals surface area contributed by atoms with Crippen LogP contribution < -0.4 is 10.2 Å². The maximum atomic E-state index is 12.5. The molecule has 3 rings (SSSR count). The lowest BCUT2D eigenvalue weighted by Gasteiger charge is -2.22. The number of hydrogen-bond acceptors (Lipinski definition) is 2. The Hall–Kier alpha value is -2.62. The van der Waals surface area contributed by atoms with Crippen LogP contribution in [-0.2, 0) is 16.0 Å². The van der Waals surface area contributed by atoms with Crippen LogP contribution in [0.2, 0.25) is 0 Å². The highest BCUT2D eigenvalue weighted by Crippen LogP contribution is 2.31. The van der Waals surface area contributed by atoms with Gasteiger partial charge in [-0.1, -0.05) is 48.0 Å². The molecule has 0 aromatic heterocycles. The van der Waals surface area contributed by atoms with E-state index in [4.69, 9.17) is 0 Å². The Morgan fingerprint density at radius 1 is 1.12 bits per heavy atom. The van der Waals surface area contributed by atoms with Crippen molar-refractivity contribution in [3.63, 3.8) is 0 Å². The molecule has 0 bridgehead atoms. The molecule has 1 aliphatic heterocycles. The van der Waals surface area contributed by atoms with E-state index in [0.29, 0.717) is 13.1 Å². The van der Waals surface area contributed by atoms with Crippen molar-refractivity contribution in [1.82, 2.24) is 5.32 Å². The van der Waals surface area contributed by atoms with Crippen molar-refractivity contribution in [3.05, 3.63) is 64.7 Å². The van der Waals surface area contributed by atoms with Crippen LogP contribution in [0.3, 0.4) is 0 Å². The lowest BCUT2D eigenvalue weighted by atomic mass is 10.0. The average Bonchev–Trinajstić information content (AvgIpc) is 2.97. The van der Waals surface area contributed by atoms with Gasteiger partial charge in [0.15, 0.2) is 0 Å². The molecule has 0 saturated carbocycles. The summed E-state index contributed by atoms with van der Waals surface area (Å²) in [6, 6.07) is 14.3. The van der Waals surface area contributed by atoms with Crippen LogP contribution in [-0.4, -0.2) is 24.9 Å². The highest BCUT2D eigenvalue weighted by molar-refractivity contribution is 6.01. The molecule has 1 heterocycles. The summed E-state index contributed by atoms with van der Waals surface area (Å²) < 4.78 is 0. The van der Waals surface area contributed by atoms with Crippen molar-refractivity contribution in [2.24, 2.45) is 5.92 Å².